The lowest BCUT2D eigenvalue weighted by Gasteiger charge is -2.11. The van der Waals surface area contributed by atoms with Crippen LogP contribution in [0.25, 0.3) is 32.9 Å². The lowest BCUT2D eigenvalue weighted by Crippen LogP contribution is -1.91. The monoisotopic (exact) mass is 270 g/mol. The second kappa shape index (κ2) is 4.60. The van der Waals surface area contributed by atoms with Crippen molar-refractivity contribution in [3.8, 4) is 11.1 Å². The molecule has 0 amide bonds. The van der Waals surface area contributed by atoms with Gasteiger partial charge < -0.3 is 5.73 Å². The van der Waals surface area contributed by atoms with Crippen molar-refractivity contribution in [2.24, 2.45) is 0 Å². The molecule has 0 bridgehead atoms. The van der Waals surface area contributed by atoms with Gasteiger partial charge in [0.1, 0.15) is 0 Å². The van der Waals surface area contributed by atoms with Gasteiger partial charge in [-0.05, 0) is 29.8 Å². The summed E-state index contributed by atoms with van der Waals surface area (Å²) in [7, 11) is 0. The van der Waals surface area contributed by atoms with Gasteiger partial charge >= 0.3 is 0 Å². The third kappa shape index (κ3) is 1.93. The van der Waals surface area contributed by atoms with Crippen LogP contribution in [0.4, 0.5) is 5.69 Å². The summed E-state index contributed by atoms with van der Waals surface area (Å²) < 4.78 is 0. The highest BCUT2D eigenvalue weighted by molar-refractivity contribution is 6.10. The number of hydrogen-bond acceptors (Lipinski definition) is 2. The summed E-state index contributed by atoms with van der Waals surface area (Å²) in [4.78, 5) is 4.75. The van der Waals surface area contributed by atoms with Crippen LogP contribution >= 0.6 is 0 Å². The number of nitrogens with two attached hydrogens (primary N) is 1. The standard InChI is InChI=1S/C19H14N2/c20-14-10-11-18-16(12-14)19(13-6-2-1-3-7-13)15-8-4-5-9-17(15)21-18/h1-12H,20H2. The summed E-state index contributed by atoms with van der Waals surface area (Å²) in [5.74, 6) is 0. The maximum absolute atomic E-state index is 5.99. The Balaban J connectivity index is 2.24. The van der Waals surface area contributed by atoms with Crippen molar-refractivity contribution in [1.29, 1.82) is 0 Å². The molecule has 0 saturated carbocycles. The van der Waals surface area contributed by atoms with Crippen LogP contribution in [0.5, 0.6) is 0 Å². The molecule has 0 aliphatic rings. The van der Waals surface area contributed by atoms with Crippen LogP contribution in [0, 0.1) is 0 Å². The molecule has 0 aliphatic carbocycles. The van der Waals surface area contributed by atoms with Crippen molar-refractivity contribution >= 4 is 27.5 Å². The highest BCUT2D eigenvalue weighted by Crippen LogP contribution is 2.35. The maximum Gasteiger partial charge on any atom is 0.0717 e. The lowest BCUT2D eigenvalue weighted by atomic mass is 9.96. The zero-order chi connectivity index (χ0) is 14.2. The largest absolute Gasteiger partial charge is 0.399 e. The third-order valence-corrected chi connectivity index (χ3v) is 3.77. The van der Waals surface area contributed by atoms with E-state index >= 15 is 0 Å². The van der Waals surface area contributed by atoms with Crippen LogP contribution in [0.1, 0.15) is 0 Å². The molecule has 4 aromatic rings. The Morgan fingerprint density at radius 3 is 2.24 bits per heavy atom. The molecule has 1 heterocycles. The first-order chi connectivity index (χ1) is 10.3. The van der Waals surface area contributed by atoms with Crippen molar-refractivity contribution in [3.63, 3.8) is 0 Å². The van der Waals surface area contributed by atoms with Gasteiger partial charge in [-0.3, -0.25) is 0 Å². The van der Waals surface area contributed by atoms with Gasteiger partial charge in [0.25, 0.3) is 0 Å². The Bertz CT molecular complexity index is 943. The van der Waals surface area contributed by atoms with E-state index in [-0.39, 0.29) is 0 Å². The van der Waals surface area contributed by atoms with Gasteiger partial charge in [-0.2, -0.15) is 0 Å². The van der Waals surface area contributed by atoms with E-state index in [1.807, 2.05) is 30.3 Å². The van der Waals surface area contributed by atoms with E-state index in [2.05, 4.69) is 42.5 Å². The maximum atomic E-state index is 5.99. The number of nitrogens with zero attached hydrogens (tertiary/aromatic N) is 1. The zero-order valence-corrected chi connectivity index (χ0v) is 11.5. The van der Waals surface area contributed by atoms with Crippen molar-refractivity contribution in [2.75, 3.05) is 5.73 Å². The molecular weight excluding hydrogens is 256 g/mol. The van der Waals surface area contributed by atoms with Crippen LogP contribution < -0.4 is 5.73 Å². The molecule has 2 nitrogen and oxygen atoms in total. The van der Waals surface area contributed by atoms with E-state index in [9.17, 15) is 0 Å². The summed E-state index contributed by atoms with van der Waals surface area (Å²) in [5, 5.41) is 2.25. The van der Waals surface area contributed by atoms with E-state index in [1.54, 1.807) is 0 Å². The minimum atomic E-state index is 0.761. The Hall–Kier alpha value is -2.87. The lowest BCUT2D eigenvalue weighted by molar-refractivity contribution is 1.49. The molecule has 0 unspecified atom stereocenters. The summed E-state index contributed by atoms with van der Waals surface area (Å²) in [5.41, 5.74) is 11.1. The summed E-state index contributed by atoms with van der Waals surface area (Å²) >= 11 is 0. The third-order valence-electron chi connectivity index (χ3n) is 3.77. The van der Waals surface area contributed by atoms with Crippen LogP contribution in [0.3, 0.4) is 0 Å². The molecule has 0 fully saturated rings. The van der Waals surface area contributed by atoms with Gasteiger partial charge in [-0.15, -0.1) is 0 Å². The number of fused-ring (bicyclic) bond motifs is 2. The molecule has 0 atom stereocenters. The van der Waals surface area contributed by atoms with E-state index in [0.29, 0.717) is 0 Å². The molecule has 4 rings (SSSR count). The molecule has 2 heteroatoms. The second-order valence-corrected chi connectivity index (χ2v) is 5.15. The van der Waals surface area contributed by atoms with Gasteiger partial charge in [0.2, 0.25) is 0 Å². The average molecular weight is 270 g/mol. The molecule has 0 saturated heterocycles. The summed E-state index contributed by atoms with van der Waals surface area (Å²) in [6.45, 7) is 0. The van der Waals surface area contributed by atoms with Crippen molar-refractivity contribution in [1.82, 2.24) is 4.98 Å². The van der Waals surface area contributed by atoms with E-state index in [4.69, 9.17) is 10.7 Å². The topological polar surface area (TPSA) is 38.9 Å². The molecule has 0 radical (unpaired) electrons. The average Bonchev–Trinajstić information content (AvgIpc) is 2.53. The minimum absolute atomic E-state index is 0.761. The highest BCUT2D eigenvalue weighted by Gasteiger charge is 2.10. The molecule has 0 aliphatic heterocycles. The molecule has 21 heavy (non-hydrogen) atoms. The van der Waals surface area contributed by atoms with E-state index in [0.717, 1.165) is 27.5 Å². The predicted molar refractivity (Wildman–Crippen MR) is 89.1 cm³/mol. The number of pyridine rings is 1. The fourth-order valence-corrected chi connectivity index (χ4v) is 2.82. The quantitative estimate of drug-likeness (QED) is 0.404. The van der Waals surface area contributed by atoms with Crippen molar-refractivity contribution in [3.05, 3.63) is 72.8 Å². The molecule has 100 valence electrons. The SMILES string of the molecule is Nc1ccc2nc3ccccc3c(-c3ccccc3)c2c1. The first-order valence-corrected chi connectivity index (χ1v) is 6.96. The number of nitrogen functional groups attached to an aromatic ring is 1. The Morgan fingerprint density at radius 1 is 0.667 bits per heavy atom. The van der Waals surface area contributed by atoms with Gasteiger partial charge in [-0.1, -0.05) is 48.5 Å². The Labute approximate surface area is 122 Å². The number of aromatic nitrogens is 1. The van der Waals surface area contributed by atoms with Crippen LogP contribution in [0.2, 0.25) is 0 Å². The smallest absolute Gasteiger partial charge is 0.0717 e. The predicted octanol–water partition coefficient (Wildman–Crippen LogP) is 4.64. The zero-order valence-electron chi connectivity index (χ0n) is 11.5. The van der Waals surface area contributed by atoms with Gasteiger partial charge in [0, 0.05) is 22.0 Å². The second-order valence-electron chi connectivity index (χ2n) is 5.15. The minimum Gasteiger partial charge on any atom is -0.399 e. The fourth-order valence-electron chi connectivity index (χ4n) is 2.82. The van der Waals surface area contributed by atoms with Gasteiger partial charge in [0.05, 0.1) is 11.0 Å². The first-order valence-electron chi connectivity index (χ1n) is 6.96. The Morgan fingerprint density at radius 2 is 1.38 bits per heavy atom. The van der Waals surface area contributed by atoms with Crippen LogP contribution in [-0.4, -0.2) is 4.98 Å². The number of benzene rings is 3. The van der Waals surface area contributed by atoms with Gasteiger partial charge in [0.15, 0.2) is 0 Å². The molecule has 1 aromatic heterocycles. The van der Waals surface area contributed by atoms with E-state index in [1.165, 1.54) is 11.1 Å². The molecule has 2 N–H and O–H groups in total. The number of hydrogen-bond donors (Lipinski definition) is 1. The highest BCUT2D eigenvalue weighted by atomic mass is 14.7. The number of anilines is 1. The normalized spacial score (nSPS) is 11.0. The Kier molecular flexibility index (Phi) is 2.61. The number of rotatable bonds is 1. The summed E-state index contributed by atoms with van der Waals surface area (Å²) in [6.07, 6.45) is 0. The molecule has 0 spiro atoms. The van der Waals surface area contributed by atoms with Crippen molar-refractivity contribution in [2.45, 2.75) is 0 Å². The van der Waals surface area contributed by atoms with Gasteiger partial charge in [-0.25, -0.2) is 4.98 Å². The summed E-state index contributed by atoms with van der Waals surface area (Å²) in [6, 6.07) is 24.6. The van der Waals surface area contributed by atoms with Crippen LogP contribution in [-0.2, 0) is 0 Å². The number of para-hydroxylation sites is 1. The van der Waals surface area contributed by atoms with Crippen LogP contribution in [0.15, 0.2) is 72.8 Å². The molecular formula is C19H14N2. The van der Waals surface area contributed by atoms with E-state index < -0.39 is 0 Å². The first kappa shape index (κ1) is 11.9. The fraction of sp³-hybridized carbons (Fsp3) is 0. The van der Waals surface area contributed by atoms with Crippen molar-refractivity contribution < 1.29 is 0 Å². The molecule has 3 aromatic carbocycles.